The monoisotopic (exact) mass is 346 g/mol. The van der Waals surface area contributed by atoms with Gasteiger partial charge >= 0.3 is 0 Å². The molecule has 4 rings (SSSR count). The Morgan fingerprint density at radius 1 is 1.20 bits per heavy atom. The van der Waals surface area contributed by atoms with E-state index in [9.17, 15) is 19.8 Å². The summed E-state index contributed by atoms with van der Waals surface area (Å²) in [4.78, 5) is 24.1. The highest BCUT2D eigenvalue weighted by Gasteiger charge is 2.67. The zero-order chi connectivity index (χ0) is 18.2. The van der Waals surface area contributed by atoms with Gasteiger partial charge in [0.2, 0.25) is 0 Å². The largest absolute Gasteiger partial charge is 0.393 e. The van der Waals surface area contributed by atoms with Crippen LogP contribution in [0.4, 0.5) is 0 Å². The van der Waals surface area contributed by atoms with Crippen molar-refractivity contribution in [2.45, 2.75) is 77.4 Å². The summed E-state index contributed by atoms with van der Waals surface area (Å²) in [5.74, 6) is 0.776. The van der Waals surface area contributed by atoms with E-state index in [1.54, 1.807) is 0 Å². The molecule has 4 nitrogen and oxygen atoms in total. The second-order valence-electron chi connectivity index (χ2n) is 9.53. The smallest absolute Gasteiger partial charge is 0.161 e. The maximum Gasteiger partial charge on any atom is 0.161 e. The lowest BCUT2D eigenvalue weighted by Gasteiger charge is -2.60. The minimum absolute atomic E-state index is 0.117. The summed E-state index contributed by atoms with van der Waals surface area (Å²) in [6.07, 6.45) is 6.38. The molecule has 0 heterocycles. The number of ketones is 2. The molecule has 7 atom stereocenters. The van der Waals surface area contributed by atoms with E-state index in [-0.39, 0.29) is 28.8 Å². The molecule has 0 aliphatic heterocycles. The molecule has 25 heavy (non-hydrogen) atoms. The highest BCUT2D eigenvalue weighted by molar-refractivity contribution is 5.91. The molecular formula is C21H30O4. The molecule has 0 unspecified atom stereocenters. The van der Waals surface area contributed by atoms with E-state index in [2.05, 4.69) is 6.92 Å². The van der Waals surface area contributed by atoms with Crippen LogP contribution < -0.4 is 0 Å². The second kappa shape index (κ2) is 5.26. The molecule has 0 saturated heterocycles. The highest BCUT2D eigenvalue weighted by atomic mass is 16.3. The highest BCUT2D eigenvalue weighted by Crippen LogP contribution is 2.67. The van der Waals surface area contributed by atoms with Crippen LogP contribution >= 0.6 is 0 Å². The van der Waals surface area contributed by atoms with Crippen molar-refractivity contribution >= 4 is 11.6 Å². The van der Waals surface area contributed by atoms with Gasteiger partial charge in [-0.1, -0.05) is 19.4 Å². The lowest BCUT2D eigenvalue weighted by molar-refractivity contribution is -0.179. The molecule has 0 aromatic heterocycles. The first kappa shape index (κ1) is 17.4. The van der Waals surface area contributed by atoms with Gasteiger partial charge in [0.25, 0.3) is 0 Å². The molecule has 0 aromatic rings. The van der Waals surface area contributed by atoms with Crippen molar-refractivity contribution in [3.8, 4) is 0 Å². The van der Waals surface area contributed by atoms with E-state index in [0.29, 0.717) is 25.2 Å². The average Bonchev–Trinajstić information content (AvgIpc) is 2.80. The van der Waals surface area contributed by atoms with E-state index in [4.69, 9.17) is 0 Å². The number of hydrogen-bond acceptors (Lipinski definition) is 4. The van der Waals surface area contributed by atoms with Gasteiger partial charge in [0, 0.05) is 11.8 Å². The quantitative estimate of drug-likeness (QED) is 0.766. The van der Waals surface area contributed by atoms with Crippen molar-refractivity contribution in [2.75, 3.05) is 0 Å². The van der Waals surface area contributed by atoms with Gasteiger partial charge in [-0.05, 0) is 74.7 Å². The van der Waals surface area contributed by atoms with E-state index in [1.165, 1.54) is 12.5 Å². The SMILES string of the molecule is CC(=O)[C@@]1(O)CC[C@H]2[C@@H]3CCC4=CC(=O)CC[C@]4(C)[C@H]3[C@@H](O)C[C@@]21C. The summed E-state index contributed by atoms with van der Waals surface area (Å²) in [7, 11) is 0. The summed E-state index contributed by atoms with van der Waals surface area (Å²) in [6, 6.07) is 0. The zero-order valence-electron chi connectivity index (χ0n) is 15.5. The zero-order valence-corrected chi connectivity index (χ0v) is 15.5. The van der Waals surface area contributed by atoms with Crippen molar-refractivity contribution in [2.24, 2.45) is 28.6 Å². The third-order valence-electron chi connectivity index (χ3n) is 8.63. The van der Waals surface area contributed by atoms with Gasteiger partial charge in [0.15, 0.2) is 11.6 Å². The molecule has 0 amide bonds. The third kappa shape index (κ3) is 2.07. The predicted molar refractivity (Wildman–Crippen MR) is 93.7 cm³/mol. The van der Waals surface area contributed by atoms with Crippen LogP contribution in [0.2, 0.25) is 0 Å². The Hall–Kier alpha value is -1.00. The fraction of sp³-hybridized carbons (Fsp3) is 0.810. The number of hydrogen-bond donors (Lipinski definition) is 2. The minimum atomic E-state index is -1.30. The Labute approximate surface area is 149 Å². The number of rotatable bonds is 1. The van der Waals surface area contributed by atoms with Crippen LogP contribution in [0.15, 0.2) is 11.6 Å². The number of carbonyl (C=O) groups is 2. The number of aliphatic hydroxyl groups excluding tert-OH is 1. The summed E-state index contributed by atoms with van der Waals surface area (Å²) in [5.41, 5.74) is -0.744. The molecule has 0 radical (unpaired) electrons. The number of carbonyl (C=O) groups excluding carboxylic acids is 2. The van der Waals surface area contributed by atoms with E-state index >= 15 is 0 Å². The summed E-state index contributed by atoms with van der Waals surface area (Å²) < 4.78 is 0. The van der Waals surface area contributed by atoms with Crippen molar-refractivity contribution in [1.29, 1.82) is 0 Å². The summed E-state index contributed by atoms with van der Waals surface area (Å²) in [5, 5.41) is 22.3. The van der Waals surface area contributed by atoms with Gasteiger partial charge in [-0.15, -0.1) is 0 Å². The fourth-order valence-electron chi connectivity index (χ4n) is 7.27. The topological polar surface area (TPSA) is 74.6 Å². The van der Waals surface area contributed by atoms with E-state index in [0.717, 1.165) is 25.7 Å². The van der Waals surface area contributed by atoms with Gasteiger partial charge in [0.05, 0.1) is 6.10 Å². The first-order chi connectivity index (χ1) is 11.6. The van der Waals surface area contributed by atoms with Crippen molar-refractivity contribution < 1.29 is 19.8 Å². The Kier molecular flexibility index (Phi) is 3.66. The van der Waals surface area contributed by atoms with Crippen molar-refractivity contribution in [3.05, 3.63) is 11.6 Å². The maximum atomic E-state index is 12.2. The Morgan fingerprint density at radius 2 is 1.92 bits per heavy atom. The summed E-state index contributed by atoms with van der Waals surface area (Å²) >= 11 is 0. The van der Waals surface area contributed by atoms with E-state index < -0.39 is 17.1 Å². The minimum Gasteiger partial charge on any atom is -0.393 e. The molecule has 0 bridgehead atoms. The Morgan fingerprint density at radius 3 is 2.60 bits per heavy atom. The second-order valence-corrected chi connectivity index (χ2v) is 9.53. The Balaban J connectivity index is 1.75. The predicted octanol–water partition coefficient (Wildman–Crippen LogP) is 2.81. The molecular weight excluding hydrogens is 316 g/mol. The molecule has 4 aliphatic rings. The molecule has 138 valence electrons. The van der Waals surface area contributed by atoms with Crippen LogP contribution in [0, 0.1) is 28.6 Å². The van der Waals surface area contributed by atoms with Gasteiger partial charge in [-0.3, -0.25) is 9.59 Å². The number of Topliss-reactive ketones (excluding diaryl/α,β-unsaturated/α-hetero) is 1. The molecule has 0 aromatic carbocycles. The molecule has 0 spiro atoms. The van der Waals surface area contributed by atoms with Gasteiger partial charge < -0.3 is 10.2 Å². The lowest BCUT2D eigenvalue weighted by Crippen LogP contribution is -2.61. The normalized spacial score (nSPS) is 52.0. The third-order valence-corrected chi connectivity index (χ3v) is 8.63. The fourth-order valence-corrected chi connectivity index (χ4v) is 7.27. The van der Waals surface area contributed by atoms with Gasteiger partial charge in [-0.2, -0.15) is 0 Å². The van der Waals surface area contributed by atoms with Crippen LogP contribution in [-0.2, 0) is 9.59 Å². The average molecular weight is 346 g/mol. The molecule has 2 N–H and O–H groups in total. The first-order valence-electron chi connectivity index (χ1n) is 9.79. The van der Waals surface area contributed by atoms with Gasteiger partial charge in [-0.25, -0.2) is 0 Å². The lowest BCUT2D eigenvalue weighted by atomic mass is 9.45. The van der Waals surface area contributed by atoms with Crippen LogP contribution in [0.1, 0.15) is 65.7 Å². The first-order valence-corrected chi connectivity index (χ1v) is 9.79. The van der Waals surface area contributed by atoms with E-state index in [1.807, 2.05) is 13.0 Å². The van der Waals surface area contributed by atoms with Crippen LogP contribution in [-0.4, -0.2) is 33.5 Å². The maximum absolute atomic E-state index is 12.2. The van der Waals surface area contributed by atoms with Crippen molar-refractivity contribution in [1.82, 2.24) is 0 Å². The number of fused-ring (bicyclic) bond motifs is 5. The standard InChI is InChI=1S/C21H30O4/c1-12(22)21(25)9-7-16-15-5-4-13-10-14(23)6-8-19(13,2)18(15)17(24)11-20(16,21)3/h10,15-18,24-25H,4-9,11H2,1-3H3/t15-,16-,17-,18+,19-,20-,21-/m0/s1. The number of allylic oxidation sites excluding steroid dienone is 1. The Bertz CT molecular complexity index is 667. The van der Waals surface area contributed by atoms with Crippen LogP contribution in [0.3, 0.4) is 0 Å². The van der Waals surface area contributed by atoms with Crippen molar-refractivity contribution in [3.63, 3.8) is 0 Å². The molecule has 4 heteroatoms. The van der Waals surface area contributed by atoms with Crippen LogP contribution in [0.5, 0.6) is 0 Å². The molecule has 3 saturated carbocycles. The van der Waals surface area contributed by atoms with Gasteiger partial charge in [0.1, 0.15) is 5.60 Å². The number of aliphatic hydroxyl groups is 2. The summed E-state index contributed by atoms with van der Waals surface area (Å²) in [6.45, 7) is 5.73. The molecule has 3 fully saturated rings. The van der Waals surface area contributed by atoms with Crippen LogP contribution in [0.25, 0.3) is 0 Å². The molecule has 4 aliphatic carbocycles.